The van der Waals surface area contributed by atoms with E-state index in [1.807, 2.05) is 0 Å². The van der Waals surface area contributed by atoms with Crippen LogP contribution in [0.15, 0.2) is 35.0 Å². The van der Waals surface area contributed by atoms with E-state index in [0.29, 0.717) is 0 Å². The molecule has 4 rings (SSSR count). The number of nitrogens with zero attached hydrogens (tertiary/aromatic N) is 2. The minimum Gasteiger partial charge on any atom is -0.329 e. The molecule has 3 aromatic rings. The van der Waals surface area contributed by atoms with Gasteiger partial charge in [0.2, 0.25) is 0 Å². The van der Waals surface area contributed by atoms with Crippen molar-refractivity contribution in [2.75, 3.05) is 13.1 Å². The average molecular weight is 362 g/mol. The van der Waals surface area contributed by atoms with Crippen LogP contribution in [0.1, 0.15) is 19.3 Å². The molecule has 0 saturated carbocycles. The summed E-state index contributed by atoms with van der Waals surface area (Å²) in [6, 6.07) is 8.55. The summed E-state index contributed by atoms with van der Waals surface area (Å²) in [7, 11) is 0. The molecule has 6 heteroatoms. The van der Waals surface area contributed by atoms with Crippen molar-refractivity contribution in [3.05, 3.63) is 39.8 Å². The number of hydrogen-bond acceptors (Lipinski definition) is 4. The Morgan fingerprint density at radius 1 is 1.00 bits per heavy atom. The second-order valence-electron chi connectivity index (χ2n) is 5.86. The van der Waals surface area contributed by atoms with E-state index in [9.17, 15) is 0 Å². The third kappa shape index (κ3) is 3.08. The molecule has 120 valence electrons. The van der Waals surface area contributed by atoms with Crippen LogP contribution < -0.4 is 0 Å². The Morgan fingerprint density at radius 3 is 2.35 bits per heavy atom. The van der Waals surface area contributed by atoms with Gasteiger partial charge >= 0.3 is 0 Å². The van der Waals surface area contributed by atoms with Gasteiger partial charge in [0.1, 0.15) is 0 Å². The van der Waals surface area contributed by atoms with Crippen LogP contribution >= 0.6 is 34.9 Å². The highest BCUT2D eigenvalue weighted by molar-refractivity contribution is 7.71. The first-order chi connectivity index (χ1) is 11.3. The number of rotatable bonds is 4. The Bertz CT molecular complexity index is 806. The Morgan fingerprint density at radius 2 is 1.70 bits per heavy atom. The molecule has 3 nitrogen and oxygen atoms in total. The van der Waals surface area contributed by atoms with Gasteiger partial charge in [-0.2, -0.15) is 0 Å². The molecule has 0 aromatic carbocycles. The van der Waals surface area contributed by atoms with Crippen molar-refractivity contribution < 1.29 is 0 Å². The summed E-state index contributed by atoms with van der Waals surface area (Å²) in [6.45, 7) is 3.23. The van der Waals surface area contributed by atoms with Gasteiger partial charge in [0.25, 0.3) is 0 Å². The van der Waals surface area contributed by atoms with Gasteiger partial charge in [0.05, 0.1) is 27.8 Å². The highest BCUT2D eigenvalue weighted by Crippen LogP contribution is 2.36. The fourth-order valence-electron chi connectivity index (χ4n) is 3.17. The zero-order valence-electron chi connectivity index (χ0n) is 12.8. The zero-order valence-corrected chi connectivity index (χ0v) is 15.3. The van der Waals surface area contributed by atoms with Crippen molar-refractivity contribution in [3.63, 3.8) is 0 Å². The highest BCUT2D eigenvalue weighted by Gasteiger charge is 2.19. The molecule has 1 aliphatic heterocycles. The predicted molar refractivity (Wildman–Crippen MR) is 102 cm³/mol. The van der Waals surface area contributed by atoms with Crippen LogP contribution in [-0.2, 0) is 6.67 Å². The Hall–Kier alpha value is -1.21. The van der Waals surface area contributed by atoms with Crippen molar-refractivity contribution in [1.82, 2.24) is 14.5 Å². The minimum atomic E-state index is 0.822. The topological polar surface area (TPSA) is 24.0 Å². The number of piperidine rings is 1. The van der Waals surface area contributed by atoms with Gasteiger partial charge in [0, 0.05) is 0 Å². The first kappa shape index (κ1) is 15.3. The van der Waals surface area contributed by atoms with Crippen LogP contribution in [0.3, 0.4) is 0 Å². The molecule has 3 aromatic heterocycles. The van der Waals surface area contributed by atoms with E-state index < -0.39 is 0 Å². The summed E-state index contributed by atoms with van der Waals surface area (Å²) in [4.78, 5) is 8.50. The minimum absolute atomic E-state index is 0.822. The van der Waals surface area contributed by atoms with E-state index in [1.165, 1.54) is 47.8 Å². The van der Waals surface area contributed by atoms with Crippen molar-refractivity contribution in [2.24, 2.45) is 0 Å². The molecule has 4 heterocycles. The van der Waals surface area contributed by atoms with Crippen molar-refractivity contribution in [3.8, 4) is 21.1 Å². The maximum absolute atomic E-state index is 5.67. The summed E-state index contributed by atoms with van der Waals surface area (Å²) < 4.78 is 3.10. The van der Waals surface area contributed by atoms with Gasteiger partial charge in [-0.25, -0.2) is 0 Å². The van der Waals surface area contributed by atoms with Crippen LogP contribution in [0.25, 0.3) is 21.1 Å². The van der Waals surface area contributed by atoms with Crippen molar-refractivity contribution in [1.29, 1.82) is 0 Å². The second-order valence-corrected chi connectivity index (χ2v) is 8.14. The van der Waals surface area contributed by atoms with E-state index in [0.717, 1.165) is 17.1 Å². The number of aromatic nitrogens is 2. The van der Waals surface area contributed by atoms with Crippen molar-refractivity contribution >= 4 is 34.9 Å². The molecule has 0 radical (unpaired) electrons. The third-order valence-electron chi connectivity index (χ3n) is 4.30. The van der Waals surface area contributed by atoms with Crippen LogP contribution in [0.2, 0.25) is 0 Å². The van der Waals surface area contributed by atoms with Gasteiger partial charge in [-0.05, 0) is 61.0 Å². The number of hydrogen-bond donors (Lipinski definition) is 1. The Labute approximate surface area is 149 Å². The number of aromatic amines is 1. The van der Waals surface area contributed by atoms with E-state index in [4.69, 9.17) is 12.2 Å². The molecular weight excluding hydrogens is 342 g/mol. The lowest BCUT2D eigenvalue weighted by atomic mass is 10.1. The maximum Gasteiger partial charge on any atom is 0.179 e. The van der Waals surface area contributed by atoms with Crippen molar-refractivity contribution in [2.45, 2.75) is 25.9 Å². The molecule has 0 bridgehead atoms. The first-order valence-corrected chi connectivity index (χ1v) is 10.1. The van der Waals surface area contributed by atoms with E-state index >= 15 is 0 Å². The van der Waals surface area contributed by atoms with Gasteiger partial charge in [-0.15, -0.1) is 22.7 Å². The average Bonchev–Trinajstić information content (AvgIpc) is 3.30. The highest BCUT2D eigenvalue weighted by atomic mass is 32.1. The molecule has 0 unspecified atom stereocenters. The molecule has 0 amide bonds. The third-order valence-corrected chi connectivity index (χ3v) is 6.38. The summed E-state index contributed by atoms with van der Waals surface area (Å²) in [5.41, 5.74) is 2.39. The number of nitrogens with one attached hydrogen (secondary N) is 1. The maximum atomic E-state index is 5.67. The number of likely N-dealkylation sites (tertiary alicyclic amines) is 1. The number of imidazole rings is 1. The largest absolute Gasteiger partial charge is 0.329 e. The van der Waals surface area contributed by atoms with E-state index in [2.05, 4.69) is 49.5 Å². The first-order valence-electron chi connectivity index (χ1n) is 7.96. The van der Waals surface area contributed by atoms with Gasteiger partial charge in [-0.1, -0.05) is 18.6 Å². The lowest BCUT2D eigenvalue weighted by Crippen LogP contribution is -2.31. The van der Waals surface area contributed by atoms with Crippen LogP contribution in [-0.4, -0.2) is 27.5 Å². The standard InChI is InChI=1S/C17H19N3S3/c21-17-18-15(13-6-4-10-22-13)16(14-7-5-11-23-14)20(17)12-19-8-2-1-3-9-19/h4-7,10-11H,1-3,8-9,12H2,(H,18,21). The summed E-state index contributed by atoms with van der Waals surface area (Å²) in [5.74, 6) is 0. The number of thiophene rings is 2. The Kier molecular flexibility index (Phi) is 4.48. The predicted octanol–water partition coefficient (Wildman–Crippen LogP) is 5.45. The summed E-state index contributed by atoms with van der Waals surface area (Å²) in [5, 5.41) is 4.25. The van der Waals surface area contributed by atoms with Gasteiger partial charge in [0.15, 0.2) is 4.77 Å². The summed E-state index contributed by atoms with van der Waals surface area (Å²) in [6.07, 6.45) is 3.95. The second kappa shape index (κ2) is 6.73. The quantitative estimate of drug-likeness (QED) is 0.625. The lowest BCUT2D eigenvalue weighted by Gasteiger charge is -2.27. The molecule has 1 N–H and O–H groups in total. The molecule has 1 saturated heterocycles. The zero-order chi connectivity index (χ0) is 15.6. The van der Waals surface area contributed by atoms with E-state index in [-0.39, 0.29) is 0 Å². The molecule has 0 atom stereocenters. The fraction of sp³-hybridized carbons (Fsp3) is 0.353. The molecule has 1 aliphatic rings. The SMILES string of the molecule is S=c1[nH]c(-c2cccs2)c(-c2cccs2)n1CN1CCCCC1. The Balaban J connectivity index is 1.80. The fourth-order valence-corrected chi connectivity index (χ4v) is 4.94. The molecule has 1 fully saturated rings. The molecule has 23 heavy (non-hydrogen) atoms. The van der Waals surface area contributed by atoms with E-state index in [1.54, 1.807) is 22.7 Å². The normalized spacial score (nSPS) is 16.0. The monoisotopic (exact) mass is 361 g/mol. The molecule has 0 aliphatic carbocycles. The van der Waals surface area contributed by atoms with Crippen LogP contribution in [0, 0.1) is 4.77 Å². The molecular formula is C17H19N3S3. The number of H-pyrrole nitrogens is 1. The molecule has 0 spiro atoms. The van der Waals surface area contributed by atoms with Gasteiger partial charge < -0.3 is 9.55 Å². The summed E-state index contributed by atoms with van der Waals surface area (Å²) >= 11 is 9.20. The smallest absolute Gasteiger partial charge is 0.179 e. The van der Waals surface area contributed by atoms with Crippen LogP contribution in [0.4, 0.5) is 0 Å². The lowest BCUT2D eigenvalue weighted by molar-refractivity contribution is 0.182. The van der Waals surface area contributed by atoms with Gasteiger partial charge in [-0.3, -0.25) is 4.90 Å². The van der Waals surface area contributed by atoms with Crippen LogP contribution in [0.5, 0.6) is 0 Å².